The zero-order chi connectivity index (χ0) is 34.6. The average molecular weight is 641 g/mol. The highest BCUT2D eigenvalue weighted by Gasteiger charge is 2.18. The van der Waals surface area contributed by atoms with Gasteiger partial charge in [-0.05, 0) is 100 Å². The smallest absolute Gasteiger partial charge is 0.0973 e. The van der Waals surface area contributed by atoms with Crippen LogP contribution in [0.15, 0.2) is 188 Å². The first-order chi connectivity index (χ1) is 24.1. The maximum Gasteiger partial charge on any atom is 0.0973 e. The molecule has 0 fully saturated rings. The van der Waals surface area contributed by atoms with Crippen LogP contribution in [0.4, 0.5) is 17.1 Å². The lowest BCUT2D eigenvalue weighted by molar-refractivity contribution is 0.981. The molecule has 244 valence electrons. The number of rotatable bonds is 13. The standard InChI is InChI=1S/C45H44N4/c1-7-13-21-38(12-6)48(36(10-4)19-8-2)40-30-26-34(27-31-40)44-45(47-43-25-18-17-24-42(43)46-44)35-28-32-41(33-29-35)49(37(11-5)20-9-3)39-22-15-14-16-23-39/h7-11,13-33H,3,5,12H2,1-2,4,6H3. The van der Waals surface area contributed by atoms with Crippen LogP contribution in [-0.4, -0.2) is 9.97 Å². The van der Waals surface area contributed by atoms with Gasteiger partial charge in [0.1, 0.15) is 0 Å². The second-order valence-electron chi connectivity index (χ2n) is 11.3. The lowest BCUT2D eigenvalue weighted by Gasteiger charge is -2.28. The molecule has 0 amide bonds. The molecule has 0 unspecified atom stereocenters. The molecule has 5 aromatic rings. The monoisotopic (exact) mass is 640 g/mol. The number of hydrogen-bond donors (Lipinski definition) is 0. The van der Waals surface area contributed by atoms with Gasteiger partial charge < -0.3 is 9.80 Å². The van der Waals surface area contributed by atoms with E-state index in [0.29, 0.717) is 0 Å². The van der Waals surface area contributed by atoms with Crippen molar-refractivity contribution in [3.05, 3.63) is 188 Å². The highest BCUT2D eigenvalue weighted by molar-refractivity contribution is 5.87. The first-order valence-electron chi connectivity index (χ1n) is 16.8. The van der Waals surface area contributed by atoms with Crippen molar-refractivity contribution in [2.24, 2.45) is 0 Å². The average Bonchev–Trinajstić information content (AvgIpc) is 3.16. The summed E-state index contributed by atoms with van der Waals surface area (Å²) < 4.78 is 0. The quantitative estimate of drug-likeness (QED) is 0.120. The van der Waals surface area contributed by atoms with E-state index in [-0.39, 0.29) is 0 Å². The summed E-state index contributed by atoms with van der Waals surface area (Å²) in [5, 5.41) is 0. The minimum atomic E-state index is 0.831. The highest BCUT2D eigenvalue weighted by atomic mass is 15.2. The van der Waals surface area contributed by atoms with E-state index in [1.54, 1.807) is 6.08 Å². The van der Waals surface area contributed by atoms with E-state index in [1.165, 1.54) is 5.70 Å². The van der Waals surface area contributed by atoms with E-state index in [9.17, 15) is 0 Å². The van der Waals surface area contributed by atoms with Gasteiger partial charge >= 0.3 is 0 Å². The summed E-state index contributed by atoms with van der Waals surface area (Å²) in [5.41, 5.74) is 11.7. The molecule has 4 aromatic carbocycles. The van der Waals surface area contributed by atoms with Crippen molar-refractivity contribution < 1.29 is 0 Å². The van der Waals surface area contributed by atoms with Gasteiger partial charge in [0, 0.05) is 45.3 Å². The molecular formula is C45H44N4. The Morgan fingerprint density at radius 3 is 1.67 bits per heavy atom. The van der Waals surface area contributed by atoms with E-state index >= 15 is 0 Å². The van der Waals surface area contributed by atoms with Crippen LogP contribution >= 0.6 is 0 Å². The van der Waals surface area contributed by atoms with Crippen LogP contribution in [0, 0.1) is 0 Å². The molecule has 0 atom stereocenters. The number of nitrogens with zero attached hydrogens (tertiary/aromatic N) is 4. The van der Waals surface area contributed by atoms with Crippen molar-refractivity contribution in [1.82, 2.24) is 9.97 Å². The minimum absolute atomic E-state index is 0.831. The Morgan fingerprint density at radius 2 is 1.18 bits per heavy atom. The van der Waals surface area contributed by atoms with Crippen LogP contribution < -0.4 is 9.80 Å². The Hall–Kier alpha value is -6.00. The number of hydrogen-bond acceptors (Lipinski definition) is 4. The number of para-hydroxylation sites is 3. The predicted molar refractivity (Wildman–Crippen MR) is 212 cm³/mol. The maximum atomic E-state index is 5.18. The molecule has 4 nitrogen and oxygen atoms in total. The van der Waals surface area contributed by atoms with E-state index in [2.05, 4.69) is 134 Å². The summed E-state index contributed by atoms with van der Waals surface area (Å²) >= 11 is 0. The van der Waals surface area contributed by atoms with E-state index in [0.717, 1.165) is 68.4 Å². The fourth-order valence-corrected chi connectivity index (χ4v) is 5.83. The third-order valence-electron chi connectivity index (χ3n) is 8.16. The molecule has 0 aliphatic rings. The molecule has 0 radical (unpaired) electrons. The molecule has 0 spiro atoms. The molecule has 0 aliphatic carbocycles. The van der Waals surface area contributed by atoms with Crippen molar-refractivity contribution in [3.63, 3.8) is 0 Å². The molecule has 1 heterocycles. The lowest BCUT2D eigenvalue weighted by atomic mass is 10.0. The molecule has 1 aromatic heterocycles. The fraction of sp³-hybridized carbons (Fsp3) is 0.111. The molecule has 0 aliphatic heterocycles. The van der Waals surface area contributed by atoms with Crippen molar-refractivity contribution in [1.29, 1.82) is 0 Å². The number of benzene rings is 4. The van der Waals surface area contributed by atoms with Crippen molar-refractivity contribution in [3.8, 4) is 22.5 Å². The first-order valence-corrected chi connectivity index (χ1v) is 16.8. The van der Waals surface area contributed by atoms with Gasteiger partial charge in [-0.2, -0.15) is 0 Å². The van der Waals surface area contributed by atoms with Gasteiger partial charge in [0.2, 0.25) is 0 Å². The van der Waals surface area contributed by atoms with E-state index in [4.69, 9.17) is 9.97 Å². The summed E-state index contributed by atoms with van der Waals surface area (Å²) in [6.07, 6.45) is 19.2. The summed E-state index contributed by atoms with van der Waals surface area (Å²) in [7, 11) is 0. The second-order valence-corrected chi connectivity index (χ2v) is 11.3. The van der Waals surface area contributed by atoms with Gasteiger partial charge in [-0.3, -0.25) is 0 Å². The van der Waals surface area contributed by atoms with Crippen LogP contribution in [0.1, 0.15) is 34.1 Å². The predicted octanol–water partition coefficient (Wildman–Crippen LogP) is 12.5. The van der Waals surface area contributed by atoms with Crippen molar-refractivity contribution in [2.45, 2.75) is 34.1 Å². The Balaban J connectivity index is 1.61. The molecule has 4 heteroatoms. The second kappa shape index (κ2) is 16.7. The number of fused-ring (bicyclic) bond motifs is 1. The largest absolute Gasteiger partial charge is 0.315 e. The zero-order valence-electron chi connectivity index (χ0n) is 28.9. The Labute approximate surface area is 291 Å². The molecule has 49 heavy (non-hydrogen) atoms. The van der Waals surface area contributed by atoms with Gasteiger partial charge in [-0.15, -0.1) is 0 Å². The third kappa shape index (κ3) is 7.77. The third-order valence-corrected chi connectivity index (χ3v) is 8.16. The van der Waals surface area contributed by atoms with Gasteiger partial charge in [-0.1, -0.05) is 105 Å². The summed E-state index contributed by atoms with van der Waals surface area (Å²) in [6, 6.07) is 35.4. The topological polar surface area (TPSA) is 32.3 Å². The SMILES string of the molecule is C=CC=C(C=C)N(c1ccccc1)c1ccc(-c2nc3ccccc3nc2-c2ccc(N(C(C=CC)=CC)C(=CC=CC)CC)cc2)cc1. The summed E-state index contributed by atoms with van der Waals surface area (Å²) in [4.78, 5) is 14.8. The minimum Gasteiger partial charge on any atom is -0.315 e. The molecule has 0 saturated carbocycles. The number of allylic oxidation sites excluding steroid dienone is 10. The molecule has 0 saturated heterocycles. The lowest BCUT2D eigenvalue weighted by Crippen LogP contribution is -2.20. The summed E-state index contributed by atoms with van der Waals surface area (Å²) in [6.45, 7) is 16.3. The Morgan fingerprint density at radius 1 is 0.633 bits per heavy atom. The van der Waals surface area contributed by atoms with Crippen molar-refractivity contribution in [2.75, 3.05) is 9.80 Å². The van der Waals surface area contributed by atoms with Crippen LogP contribution in [0.2, 0.25) is 0 Å². The van der Waals surface area contributed by atoms with Gasteiger partial charge in [-0.25, -0.2) is 9.97 Å². The number of aromatic nitrogens is 2. The highest BCUT2D eigenvalue weighted by Crippen LogP contribution is 2.36. The Kier molecular flexibility index (Phi) is 11.7. The zero-order valence-corrected chi connectivity index (χ0v) is 28.9. The van der Waals surface area contributed by atoms with Gasteiger partial charge in [0.15, 0.2) is 0 Å². The summed E-state index contributed by atoms with van der Waals surface area (Å²) in [5.74, 6) is 0. The molecule has 0 bridgehead atoms. The molecular weight excluding hydrogens is 597 g/mol. The molecule has 0 N–H and O–H groups in total. The first kappa shape index (κ1) is 34.3. The van der Waals surface area contributed by atoms with Crippen LogP contribution in [-0.2, 0) is 0 Å². The van der Waals surface area contributed by atoms with Crippen molar-refractivity contribution >= 4 is 28.1 Å². The van der Waals surface area contributed by atoms with E-state index < -0.39 is 0 Å². The van der Waals surface area contributed by atoms with Crippen LogP contribution in [0.5, 0.6) is 0 Å². The fourth-order valence-electron chi connectivity index (χ4n) is 5.83. The van der Waals surface area contributed by atoms with Gasteiger partial charge in [0.25, 0.3) is 0 Å². The number of anilines is 3. The van der Waals surface area contributed by atoms with Crippen LogP contribution in [0.3, 0.4) is 0 Å². The normalized spacial score (nSPS) is 12.5. The van der Waals surface area contributed by atoms with E-state index in [1.807, 2.05) is 68.5 Å². The maximum absolute atomic E-state index is 5.18. The Bertz CT molecular complexity index is 2040. The van der Waals surface area contributed by atoms with Crippen LogP contribution in [0.25, 0.3) is 33.5 Å². The molecule has 5 rings (SSSR count). The van der Waals surface area contributed by atoms with Gasteiger partial charge in [0.05, 0.1) is 22.4 Å².